The molecule has 0 saturated carbocycles. The Labute approximate surface area is 247 Å². The topological polar surface area (TPSA) is 97.3 Å². The van der Waals surface area contributed by atoms with Gasteiger partial charge in [0.25, 0.3) is 0 Å². The number of anilines is 1. The van der Waals surface area contributed by atoms with Crippen molar-refractivity contribution in [2.45, 2.75) is 44.6 Å². The summed E-state index contributed by atoms with van der Waals surface area (Å²) in [6, 6.07) is 11.3. The monoisotopic (exact) mass is 577 g/mol. The number of carbonyl (C=O) groups excluding carboxylic acids is 1. The highest BCUT2D eigenvalue weighted by Gasteiger charge is 2.47. The molecule has 1 fully saturated rings. The standard InChI is InChI=1S/C32H40N4O6/c1-5-6-15-36(24-10-7-13-33(2)18-24)29(37)20-35-19-25(22-16-27(40-4)31-28(17-22)41-21-42-31)30(32(38)39)26(35)12-11-23-9-8-14-34(23)3/h7-10,13-14,16-18,25-26,30H,5-6,11-12,15,19-21H2,1-4H3/p+1/t25-,26+,30-/m1/s1. The van der Waals surface area contributed by atoms with Gasteiger partial charge in [0.1, 0.15) is 12.7 Å². The van der Waals surface area contributed by atoms with Crippen LogP contribution < -0.4 is 23.7 Å². The summed E-state index contributed by atoms with van der Waals surface area (Å²) in [6.07, 6.45) is 9.02. The number of hydrogen-bond donors (Lipinski definition) is 1. The molecular weight excluding hydrogens is 536 g/mol. The van der Waals surface area contributed by atoms with Gasteiger partial charge in [-0.25, -0.2) is 4.57 Å². The molecule has 0 bridgehead atoms. The summed E-state index contributed by atoms with van der Waals surface area (Å²) in [7, 11) is 5.49. The molecule has 10 heteroatoms. The minimum absolute atomic E-state index is 0.0356. The Morgan fingerprint density at radius 2 is 2.05 bits per heavy atom. The van der Waals surface area contributed by atoms with Gasteiger partial charge in [0, 0.05) is 50.1 Å². The van der Waals surface area contributed by atoms with Gasteiger partial charge in [0.15, 0.2) is 23.9 Å². The van der Waals surface area contributed by atoms with E-state index >= 15 is 0 Å². The van der Waals surface area contributed by atoms with E-state index in [1.165, 1.54) is 0 Å². The van der Waals surface area contributed by atoms with Gasteiger partial charge in [-0.3, -0.25) is 14.5 Å². The van der Waals surface area contributed by atoms with Crippen LogP contribution in [0.2, 0.25) is 0 Å². The lowest BCUT2D eigenvalue weighted by molar-refractivity contribution is -0.670. The minimum Gasteiger partial charge on any atom is -0.493 e. The van der Waals surface area contributed by atoms with Crippen molar-refractivity contribution in [2.75, 3.05) is 38.4 Å². The van der Waals surface area contributed by atoms with Crippen molar-refractivity contribution in [1.82, 2.24) is 9.47 Å². The number of aliphatic carboxylic acids is 1. The molecule has 2 aliphatic rings. The van der Waals surface area contributed by atoms with Crippen LogP contribution in [-0.4, -0.2) is 66.0 Å². The zero-order chi connectivity index (χ0) is 29.8. The number of carboxylic acids is 1. The highest BCUT2D eigenvalue weighted by atomic mass is 16.7. The number of nitrogens with zero attached hydrogens (tertiary/aromatic N) is 4. The molecule has 42 heavy (non-hydrogen) atoms. The Hall–Kier alpha value is -4.05. The van der Waals surface area contributed by atoms with Crippen molar-refractivity contribution in [3.63, 3.8) is 0 Å². The molecule has 10 nitrogen and oxygen atoms in total. The molecule has 1 amide bonds. The number of ether oxygens (including phenoxy) is 3. The van der Waals surface area contributed by atoms with Crippen LogP contribution in [0.15, 0.2) is 55.0 Å². The van der Waals surface area contributed by atoms with Crippen molar-refractivity contribution in [1.29, 1.82) is 0 Å². The molecule has 2 aliphatic heterocycles. The average Bonchev–Trinajstić information content (AvgIpc) is 3.70. The van der Waals surface area contributed by atoms with E-state index in [0.717, 1.165) is 29.8 Å². The molecule has 3 aromatic rings. The smallest absolute Gasteiger partial charge is 0.308 e. The zero-order valence-corrected chi connectivity index (χ0v) is 24.9. The predicted molar refractivity (Wildman–Crippen MR) is 157 cm³/mol. The van der Waals surface area contributed by atoms with Crippen LogP contribution in [0, 0.1) is 5.92 Å². The number of rotatable bonds is 12. The van der Waals surface area contributed by atoms with Gasteiger partial charge in [-0.1, -0.05) is 13.3 Å². The quantitative estimate of drug-likeness (QED) is 0.329. The largest absolute Gasteiger partial charge is 0.493 e. The number of unbranched alkanes of at least 4 members (excludes halogenated alkanes) is 1. The molecule has 224 valence electrons. The molecule has 0 unspecified atom stereocenters. The van der Waals surface area contributed by atoms with E-state index in [9.17, 15) is 14.7 Å². The van der Waals surface area contributed by atoms with Gasteiger partial charge < -0.3 is 28.8 Å². The number of carbonyl (C=O) groups is 2. The second-order valence-electron chi connectivity index (χ2n) is 11.2. The Bertz CT molecular complexity index is 1420. The van der Waals surface area contributed by atoms with E-state index in [1.807, 2.05) is 72.5 Å². The highest BCUT2D eigenvalue weighted by molar-refractivity contribution is 5.94. The number of hydrogen-bond acceptors (Lipinski definition) is 6. The van der Waals surface area contributed by atoms with E-state index in [1.54, 1.807) is 7.11 Å². The number of benzene rings is 1. The number of carboxylic acid groups (broad SMARTS) is 1. The van der Waals surface area contributed by atoms with Crippen LogP contribution >= 0.6 is 0 Å². The molecule has 4 heterocycles. The molecule has 1 N–H and O–H groups in total. The fourth-order valence-corrected chi connectivity index (χ4v) is 6.31. The number of pyridine rings is 1. The minimum atomic E-state index is -0.874. The maximum absolute atomic E-state index is 14.0. The van der Waals surface area contributed by atoms with Crippen LogP contribution in [0.1, 0.15) is 43.4 Å². The third-order valence-electron chi connectivity index (χ3n) is 8.50. The lowest BCUT2D eigenvalue weighted by atomic mass is 9.83. The van der Waals surface area contributed by atoms with Gasteiger partial charge in [0.05, 0.1) is 19.6 Å². The van der Waals surface area contributed by atoms with Gasteiger partial charge in [-0.05, 0) is 55.2 Å². The first-order chi connectivity index (χ1) is 20.3. The van der Waals surface area contributed by atoms with Crippen molar-refractivity contribution < 1.29 is 33.5 Å². The van der Waals surface area contributed by atoms with Crippen LogP contribution in [0.5, 0.6) is 17.2 Å². The van der Waals surface area contributed by atoms with Crippen LogP contribution in [-0.2, 0) is 30.1 Å². The van der Waals surface area contributed by atoms with E-state index in [2.05, 4.69) is 22.5 Å². The summed E-state index contributed by atoms with van der Waals surface area (Å²) in [5.41, 5.74) is 2.77. The highest BCUT2D eigenvalue weighted by Crippen LogP contribution is 2.47. The third kappa shape index (κ3) is 6.09. The van der Waals surface area contributed by atoms with Gasteiger partial charge in [-0.2, -0.15) is 0 Å². The fourth-order valence-electron chi connectivity index (χ4n) is 6.31. The number of fused-ring (bicyclic) bond motifs is 1. The maximum atomic E-state index is 14.0. The summed E-state index contributed by atoms with van der Waals surface area (Å²) in [5.74, 6) is -0.403. The number of amides is 1. The first kappa shape index (κ1) is 29.4. The van der Waals surface area contributed by atoms with Crippen molar-refractivity contribution >= 4 is 17.6 Å². The summed E-state index contributed by atoms with van der Waals surface area (Å²) >= 11 is 0. The fraction of sp³-hybridized carbons (Fsp3) is 0.469. The number of aromatic nitrogens is 2. The zero-order valence-electron chi connectivity index (χ0n) is 24.9. The van der Waals surface area contributed by atoms with E-state index < -0.39 is 11.9 Å². The molecule has 1 saturated heterocycles. The Morgan fingerprint density at radius 3 is 2.74 bits per heavy atom. The molecular formula is C32H41N4O6+. The van der Waals surface area contributed by atoms with Crippen LogP contribution in [0.3, 0.4) is 0 Å². The molecule has 0 radical (unpaired) electrons. The summed E-state index contributed by atoms with van der Waals surface area (Å²) < 4.78 is 20.8. The second kappa shape index (κ2) is 12.9. The SMILES string of the molecule is CCCCN(C(=O)CN1C[C@H](c2cc(OC)c3c(c2)OCO3)[C@@H](C(=O)O)[C@@H]1CCc1cccn1C)c1ccc[n+](C)c1. The van der Waals surface area contributed by atoms with Crippen molar-refractivity contribution in [2.24, 2.45) is 20.0 Å². The van der Waals surface area contributed by atoms with Crippen molar-refractivity contribution in [3.05, 3.63) is 66.2 Å². The first-order valence-corrected chi connectivity index (χ1v) is 14.6. The molecule has 5 rings (SSSR count). The Kier molecular flexibility index (Phi) is 9.01. The van der Waals surface area contributed by atoms with Gasteiger partial charge in [0.2, 0.25) is 18.4 Å². The number of aryl methyl sites for hydroxylation is 3. The normalized spacial score (nSPS) is 19.7. The van der Waals surface area contributed by atoms with Gasteiger partial charge >= 0.3 is 5.97 Å². The summed E-state index contributed by atoms with van der Waals surface area (Å²) in [6.45, 7) is 3.35. The number of methoxy groups -OCH3 is 1. The summed E-state index contributed by atoms with van der Waals surface area (Å²) in [5, 5.41) is 10.6. The molecule has 2 aromatic heterocycles. The Balaban J connectivity index is 1.48. The van der Waals surface area contributed by atoms with E-state index in [0.29, 0.717) is 43.2 Å². The second-order valence-corrected chi connectivity index (χ2v) is 11.2. The molecule has 1 aromatic carbocycles. The molecule has 3 atom stereocenters. The number of likely N-dealkylation sites (tertiary alicyclic amines) is 1. The maximum Gasteiger partial charge on any atom is 0.308 e. The van der Waals surface area contributed by atoms with Gasteiger partial charge in [-0.15, -0.1) is 0 Å². The third-order valence-corrected chi connectivity index (χ3v) is 8.50. The Morgan fingerprint density at radius 1 is 1.21 bits per heavy atom. The van der Waals surface area contributed by atoms with Crippen LogP contribution in [0.25, 0.3) is 0 Å². The van der Waals surface area contributed by atoms with E-state index in [4.69, 9.17) is 14.2 Å². The van der Waals surface area contributed by atoms with Crippen LogP contribution in [0.4, 0.5) is 5.69 Å². The lowest BCUT2D eigenvalue weighted by Crippen LogP contribution is -2.45. The van der Waals surface area contributed by atoms with E-state index in [-0.39, 0.29) is 31.2 Å². The average molecular weight is 578 g/mol. The van der Waals surface area contributed by atoms with Crippen molar-refractivity contribution in [3.8, 4) is 17.2 Å². The molecule has 0 aliphatic carbocycles. The summed E-state index contributed by atoms with van der Waals surface area (Å²) in [4.78, 5) is 30.9. The lowest BCUT2D eigenvalue weighted by Gasteiger charge is -2.29. The first-order valence-electron chi connectivity index (χ1n) is 14.6. The molecule has 0 spiro atoms. The predicted octanol–water partition coefficient (Wildman–Crippen LogP) is 3.52.